The molecule has 0 atom stereocenters. The van der Waals surface area contributed by atoms with Crippen molar-refractivity contribution in [2.24, 2.45) is 5.92 Å². The molecule has 2 aliphatic rings. The fourth-order valence-electron chi connectivity index (χ4n) is 4.74. The molecular formula is C23H31F3N4O2S. The van der Waals surface area contributed by atoms with Crippen molar-refractivity contribution in [1.29, 1.82) is 0 Å². The minimum absolute atomic E-state index is 0.0149. The number of thiazole rings is 1. The second kappa shape index (κ2) is 10.5. The van der Waals surface area contributed by atoms with Gasteiger partial charge in [0.05, 0.1) is 23.3 Å². The van der Waals surface area contributed by atoms with Gasteiger partial charge >= 0.3 is 6.18 Å². The van der Waals surface area contributed by atoms with Crippen LogP contribution in [-0.4, -0.2) is 46.1 Å². The van der Waals surface area contributed by atoms with Gasteiger partial charge in [0.25, 0.3) is 0 Å². The van der Waals surface area contributed by atoms with Gasteiger partial charge in [-0.1, -0.05) is 0 Å². The van der Waals surface area contributed by atoms with E-state index in [1.807, 2.05) is 0 Å². The van der Waals surface area contributed by atoms with Gasteiger partial charge in [-0.3, -0.25) is 9.69 Å². The first-order valence-corrected chi connectivity index (χ1v) is 12.5. The number of fused-ring (bicyclic) bond motifs is 1. The summed E-state index contributed by atoms with van der Waals surface area (Å²) in [5.74, 6) is 1.79. The molecule has 1 N–H and O–H groups in total. The predicted molar refractivity (Wildman–Crippen MR) is 119 cm³/mol. The van der Waals surface area contributed by atoms with Gasteiger partial charge < -0.3 is 9.73 Å². The Kier molecular flexibility index (Phi) is 7.73. The highest BCUT2D eigenvalue weighted by molar-refractivity contribution is 7.11. The van der Waals surface area contributed by atoms with Crippen LogP contribution in [-0.2, 0) is 30.6 Å². The van der Waals surface area contributed by atoms with Crippen LogP contribution in [0.2, 0.25) is 0 Å². The monoisotopic (exact) mass is 484 g/mol. The van der Waals surface area contributed by atoms with Crippen LogP contribution in [0.15, 0.2) is 10.6 Å². The van der Waals surface area contributed by atoms with E-state index in [2.05, 4.69) is 20.2 Å². The maximum Gasteiger partial charge on any atom is 0.389 e. The summed E-state index contributed by atoms with van der Waals surface area (Å²) in [4.78, 5) is 24.3. The van der Waals surface area contributed by atoms with Gasteiger partial charge in [0, 0.05) is 43.8 Å². The number of aromatic nitrogens is 2. The zero-order chi connectivity index (χ0) is 23.4. The molecule has 0 spiro atoms. The molecule has 4 rings (SSSR count). The van der Waals surface area contributed by atoms with Crippen LogP contribution < -0.4 is 5.32 Å². The number of rotatable bonds is 8. The minimum atomic E-state index is -4.13. The molecule has 10 heteroatoms. The average molecular weight is 485 g/mol. The number of hydrogen-bond donors (Lipinski definition) is 1. The van der Waals surface area contributed by atoms with Crippen molar-refractivity contribution in [3.8, 4) is 0 Å². The lowest BCUT2D eigenvalue weighted by Crippen LogP contribution is -2.39. The number of nitrogens with zero attached hydrogens (tertiary/aromatic N) is 3. The topological polar surface area (TPSA) is 71.3 Å². The third kappa shape index (κ3) is 7.27. The summed E-state index contributed by atoms with van der Waals surface area (Å²) in [7, 11) is 0. The van der Waals surface area contributed by atoms with E-state index in [0.717, 1.165) is 68.7 Å². The van der Waals surface area contributed by atoms with Gasteiger partial charge in [-0.2, -0.15) is 13.2 Å². The molecule has 33 heavy (non-hydrogen) atoms. The van der Waals surface area contributed by atoms with Crippen molar-refractivity contribution in [3.05, 3.63) is 33.4 Å². The summed E-state index contributed by atoms with van der Waals surface area (Å²) in [6.45, 7) is 4.43. The molecule has 182 valence electrons. The first-order valence-electron chi connectivity index (χ1n) is 11.7. The van der Waals surface area contributed by atoms with Crippen LogP contribution >= 0.6 is 11.3 Å². The van der Waals surface area contributed by atoms with Crippen LogP contribution in [0.4, 0.5) is 13.2 Å². The third-order valence-corrected chi connectivity index (χ3v) is 7.76. The number of carbonyl (C=O) groups excluding carboxylic acids is 1. The average Bonchev–Trinajstić information content (AvgIpc) is 3.36. The largest absolute Gasteiger partial charge is 0.446 e. The number of amides is 1. The Balaban J connectivity index is 1.15. The Bertz CT molecular complexity index is 935. The van der Waals surface area contributed by atoms with Crippen molar-refractivity contribution in [2.75, 3.05) is 13.1 Å². The minimum Gasteiger partial charge on any atom is -0.446 e. The molecular weight excluding hydrogens is 453 g/mol. The molecule has 0 unspecified atom stereocenters. The van der Waals surface area contributed by atoms with E-state index in [1.54, 1.807) is 13.1 Å². The van der Waals surface area contributed by atoms with Gasteiger partial charge in [-0.25, -0.2) is 9.97 Å². The van der Waals surface area contributed by atoms with E-state index in [0.29, 0.717) is 22.6 Å². The number of aryl methyl sites for hydroxylation is 2. The number of nitrogens with one attached hydrogen (secondary N) is 1. The van der Waals surface area contributed by atoms with Gasteiger partial charge in [0.1, 0.15) is 5.76 Å². The highest BCUT2D eigenvalue weighted by Crippen LogP contribution is 2.31. The van der Waals surface area contributed by atoms with E-state index in [-0.39, 0.29) is 24.8 Å². The van der Waals surface area contributed by atoms with Crippen molar-refractivity contribution >= 4 is 17.2 Å². The highest BCUT2D eigenvalue weighted by Gasteiger charge is 2.29. The van der Waals surface area contributed by atoms with E-state index >= 15 is 0 Å². The molecule has 2 aromatic rings. The van der Waals surface area contributed by atoms with E-state index in [1.165, 1.54) is 11.3 Å². The van der Waals surface area contributed by atoms with Crippen LogP contribution in [0.3, 0.4) is 0 Å². The first-order chi connectivity index (χ1) is 15.7. The number of alkyl halides is 3. The smallest absolute Gasteiger partial charge is 0.389 e. The van der Waals surface area contributed by atoms with E-state index in [9.17, 15) is 18.0 Å². The molecule has 2 aromatic heterocycles. The zero-order valence-electron chi connectivity index (χ0n) is 18.9. The predicted octanol–water partition coefficient (Wildman–Crippen LogP) is 4.60. The van der Waals surface area contributed by atoms with E-state index < -0.39 is 12.6 Å². The van der Waals surface area contributed by atoms with Crippen LogP contribution in [0.25, 0.3) is 0 Å². The summed E-state index contributed by atoms with van der Waals surface area (Å²) in [6, 6.07) is 0.223. The Morgan fingerprint density at radius 3 is 2.79 bits per heavy atom. The molecule has 1 fully saturated rings. The molecule has 0 saturated heterocycles. The second-order valence-corrected chi connectivity index (χ2v) is 10.4. The molecule has 1 saturated carbocycles. The first kappa shape index (κ1) is 24.2. The molecule has 0 bridgehead atoms. The number of carbonyl (C=O) groups is 1. The Morgan fingerprint density at radius 2 is 2.09 bits per heavy atom. The summed E-state index contributed by atoms with van der Waals surface area (Å²) in [5.41, 5.74) is 0.969. The molecule has 6 nitrogen and oxygen atoms in total. The van der Waals surface area contributed by atoms with Crippen LogP contribution in [0, 0.1) is 12.8 Å². The van der Waals surface area contributed by atoms with Crippen LogP contribution in [0.5, 0.6) is 0 Å². The van der Waals surface area contributed by atoms with E-state index in [4.69, 9.17) is 4.42 Å². The summed E-state index contributed by atoms with van der Waals surface area (Å²) < 4.78 is 42.8. The standard InChI is InChI=1S/C23H31F3N4O2S/c1-15-27-13-18(32-15)12-21(31)28-17-4-2-16(3-5-17)7-10-30-11-8-20-19(14-30)29-22(33-20)6-9-23(24,25)26/h13,16-17H,2-12,14H2,1H3,(H,28,31). The van der Waals surface area contributed by atoms with Crippen molar-refractivity contribution < 1.29 is 22.4 Å². The normalized spacial score (nSPS) is 21.7. The quantitative estimate of drug-likeness (QED) is 0.593. The Morgan fingerprint density at radius 1 is 1.30 bits per heavy atom. The lowest BCUT2D eigenvalue weighted by molar-refractivity contribution is -0.134. The molecule has 1 aliphatic heterocycles. The Labute approximate surface area is 196 Å². The molecule has 0 aromatic carbocycles. The maximum atomic E-state index is 12.5. The van der Waals surface area contributed by atoms with Crippen molar-refractivity contribution in [1.82, 2.24) is 20.2 Å². The number of oxazole rings is 1. The summed E-state index contributed by atoms with van der Waals surface area (Å²) in [5, 5.41) is 3.73. The number of halogens is 3. The highest BCUT2D eigenvalue weighted by atomic mass is 32.1. The number of hydrogen-bond acceptors (Lipinski definition) is 6. The zero-order valence-corrected chi connectivity index (χ0v) is 19.7. The SMILES string of the molecule is Cc1ncc(CC(=O)NC2CCC(CCN3CCc4sc(CCC(F)(F)F)nc4C3)CC2)o1. The van der Waals surface area contributed by atoms with Gasteiger partial charge in [-0.15, -0.1) is 11.3 Å². The van der Waals surface area contributed by atoms with Gasteiger partial charge in [0.2, 0.25) is 5.91 Å². The molecule has 0 radical (unpaired) electrons. The summed E-state index contributed by atoms with van der Waals surface area (Å²) >= 11 is 1.45. The molecule has 3 heterocycles. The second-order valence-electron chi connectivity index (χ2n) is 9.22. The lowest BCUT2D eigenvalue weighted by Gasteiger charge is -2.32. The molecule has 1 aliphatic carbocycles. The fourth-order valence-corrected chi connectivity index (χ4v) is 5.80. The van der Waals surface area contributed by atoms with Crippen molar-refractivity contribution in [2.45, 2.75) is 83.5 Å². The molecule has 1 amide bonds. The van der Waals surface area contributed by atoms with Gasteiger partial charge in [0.15, 0.2) is 5.89 Å². The fraction of sp³-hybridized carbons (Fsp3) is 0.696. The maximum absolute atomic E-state index is 12.5. The Hall–Kier alpha value is -1.94. The van der Waals surface area contributed by atoms with Gasteiger partial charge in [-0.05, 0) is 51.0 Å². The van der Waals surface area contributed by atoms with Crippen LogP contribution in [0.1, 0.15) is 65.8 Å². The third-order valence-electron chi connectivity index (χ3n) is 6.54. The summed E-state index contributed by atoms with van der Waals surface area (Å²) in [6.07, 6.45) is 3.06. The van der Waals surface area contributed by atoms with Crippen molar-refractivity contribution in [3.63, 3.8) is 0 Å². The lowest BCUT2D eigenvalue weighted by atomic mass is 9.84.